The molecule has 1 amide bonds. The van der Waals surface area contributed by atoms with Crippen molar-refractivity contribution in [3.63, 3.8) is 0 Å². The number of carbonyl (C=O) groups excluding carboxylic acids is 1. The maximum absolute atomic E-state index is 12.7. The second-order valence-electron chi connectivity index (χ2n) is 6.07. The van der Waals surface area contributed by atoms with Gasteiger partial charge in [-0.15, -0.1) is 5.10 Å². The standard InChI is InChI=1S/C19H18N4OS/c1-13-11-15-9-5-6-10-16(15)23(13)17(24)12-25-19-20-18(21-22-19)14-7-3-2-4-8-14/h2-10,13H,11-12H2,1H3,(H,20,21,22)/t13-/m0/s1. The maximum atomic E-state index is 12.7. The summed E-state index contributed by atoms with van der Waals surface area (Å²) in [7, 11) is 0. The van der Waals surface area contributed by atoms with Crippen molar-refractivity contribution in [1.82, 2.24) is 15.2 Å². The average Bonchev–Trinajstić information content (AvgIpc) is 3.24. The number of thioether (sulfide) groups is 1. The number of nitrogens with one attached hydrogen (secondary N) is 1. The van der Waals surface area contributed by atoms with Crippen molar-refractivity contribution >= 4 is 23.4 Å². The van der Waals surface area contributed by atoms with E-state index in [2.05, 4.69) is 28.2 Å². The van der Waals surface area contributed by atoms with Gasteiger partial charge in [0.15, 0.2) is 5.82 Å². The van der Waals surface area contributed by atoms with E-state index >= 15 is 0 Å². The lowest BCUT2D eigenvalue weighted by Gasteiger charge is -2.22. The number of aromatic nitrogens is 3. The molecule has 0 aliphatic carbocycles. The predicted molar refractivity (Wildman–Crippen MR) is 99.6 cm³/mol. The number of para-hydroxylation sites is 1. The van der Waals surface area contributed by atoms with E-state index in [1.165, 1.54) is 17.3 Å². The molecule has 1 atom stereocenters. The van der Waals surface area contributed by atoms with E-state index in [1.807, 2.05) is 53.4 Å². The van der Waals surface area contributed by atoms with Crippen molar-refractivity contribution in [1.29, 1.82) is 0 Å². The van der Waals surface area contributed by atoms with E-state index in [0.29, 0.717) is 10.9 Å². The molecule has 4 rings (SSSR count). The van der Waals surface area contributed by atoms with Gasteiger partial charge in [0.05, 0.1) is 5.75 Å². The quantitative estimate of drug-likeness (QED) is 0.731. The van der Waals surface area contributed by atoms with Gasteiger partial charge in [-0.2, -0.15) is 0 Å². The fourth-order valence-electron chi connectivity index (χ4n) is 3.18. The smallest absolute Gasteiger partial charge is 0.237 e. The second-order valence-corrected chi connectivity index (χ2v) is 7.01. The molecule has 1 N–H and O–H groups in total. The molecular formula is C19H18N4OS. The van der Waals surface area contributed by atoms with Crippen LogP contribution < -0.4 is 4.90 Å². The lowest BCUT2D eigenvalue weighted by atomic mass is 10.1. The molecule has 0 fully saturated rings. The monoisotopic (exact) mass is 350 g/mol. The van der Waals surface area contributed by atoms with Crippen molar-refractivity contribution < 1.29 is 4.79 Å². The largest absolute Gasteiger partial charge is 0.308 e. The number of aromatic amines is 1. The second kappa shape index (κ2) is 6.72. The molecule has 25 heavy (non-hydrogen) atoms. The Morgan fingerprint density at radius 2 is 1.96 bits per heavy atom. The molecule has 6 heteroatoms. The van der Waals surface area contributed by atoms with Gasteiger partial charge < -0.3 is 4.90 Å². The number of rotatable bonds is 4. The molecule has 0 bridgehead atoms. The van der Waals surface area contributed by atoms with E-state index in [9.17, 15) is 4.79 Å². The SMILES string of the molecule is C[C@H]1Cc2ccccc2N1C(=O)CSc1n[nH]c(-c2ccccc2)n1. The van der Waals surface area contributed by atoms with Crippen LogP contribution in [0.15, 0.2) is 59.8 Å². The van der Waals surface area contributed by atoms with Gasteiger partial charge >= 0.3 is 0 Å². The van der Waals surface area contributed by atoms with E-state index in [1.54, 1.807) is 0 Å². The van der Waals surface area contributed by atoms with E-state index in [4.69, 9.17) is 0 Å². The van der Waals surface area contributed by atoms with Crippen LogP contribution in [-0.4, -0.2) is 32.9 Å². The van der Waals surface area contributed by atoms with Crippen LogP contribution >= 0.6 is 11.8 Å². The zero-order valence-corrected chi connectivity index (χ0v) is 14.7. The van der Waals surface area contributed by atoms with Gasteiger partial charge in [-0.1, -0.05) is 60.3 Å². The van der Waals surface area contributed by atoms with Gasteiger partial charge in [0.1, 0.15) is 0 Å². The zero-order valence-electron chi connectivity index (χ0n) is 13.8. The summed E-state index contributed by atoms with van der Waals surface area (Å²) in [5.74, 6) is 1.13. The minimum absolute atomic E-state index is 0.0912. The summed E-state index contributed by atoms with van der Waals surface area (Å²) in [6, 6.07) is 18.1. The molecule has 0 saturated heterocycles. The molecule has 1 aromatic heterocycles. The Balaban J connectivity index is 1.44. The van der Waals surface area contributed by atoms with Gasteiger partial charge in [0.25, 0.3) is 0 Å². The molecule has 1 aliphatic rings. The Morgan fingerprint density at radius 3 is 2.80 bits per heavy atom. The van der Waals surface area contributed by atoms with Crippen LogP contribution in [0.25, 0.3) is 11.4 Å². The maximum Gasteiger partial charge on any atom is 0.237 e. The minimum Gasteiger partial charge on any atom is -0.308 e. The third-order valence-corrected chi connectivity index (χ3v) is 5.14. The van der Waals surface area contributed by atoms with Crippen molar-refractivity contribution in [3.05, 3.63) is 60.2 Å². The number of benzene rings is 2. The minimum atomic E-state index is 0.0912. The third-order valence-electron chi connectivity index (χ3n) is 4.31. The molecule has 1 aliphatic heterocycles. The van der Waals surface area contributed by atoms with Gasteiger partial charge in [0, 0.05) is 17.3 Å². The van der Waals surface area contributed by atoms with Gasteiger partial charge in [-0.3, -0.25) is 9.89 Å². The Bertz CT molecular complexity index is 893. The summed E-state index contributed by atoms with van der Waals surface area (Å²) in [4.78, 5) is 19.1. The van der Waals surface area contributed by atoms with Crippen LogP contribution in [0.5, 0.6) is 0 Å². The molecule has 2 heterocycles. The molecule has 0 saturated carbocycles. The Morgan fingerprint density at radius 1 is 1.20 bits per heavy atom. The van der Waals surface area contributed by atoms with Crippen LogP contribution in [0.1, 0.15) is 12.5 Å². The first-order chi connectivity index (χ1) is 12.2. The van der Waals surface area contributed by atoms with Crippen LogP contribution in [-0.2, 0) is 11.2 Å². The lowest BCUT2D eigenvalue weighted by molar-refractivity contribution is -0.116. The Hall–Kier alpha value is -2.60. The number of fused-ring (bicyclic) bond motifs is 1. The molecule has 3 aromatic rings. The summed E-state index contributed by atoms with van der Waals surface area (Å²) in [5.41, 5.74) is 3.24. The number of H-pyrrole nitrogens is 1. The van der Waals surface area contributed by atoms with Gasteiger partial charge in [0.2, 0.25) is 11.1 Å². The Kier molecular flexibility index (Phi) is 4.28. The number of carbonyl (C=O) groups is 1. The number of nitrogens with zero attached hydrogens (tertiary/aromatic N) is 3. The van der Waals surface area contributed by atoms with Crippen LogP contribution in [0, 0.1) is 0 Å². The first-order valence-corrected chi connectivity index (χ1v) is 9.21. The van der Waals surface area contributed by atoms with E-state index in [0.717, 1.165) is 23.5 Å². The fraction of sp³-hybridized carbons (Fsp3) is 0.211. The highest BCUT2D eigenvalue weighted by atomic mass is 32.2. The number of hydrogen-bond acceptors (Lipinski definition) is 4. The molecular weight excluding hydrogens is 332 g/mol. The van der Waals surface area contributed by atoms with Crippen LogP contribution in [0.4, 0.5) is 5.69 Å². The molecule has 2 aromatic carbocycles. The van der Waals surface area contributed by atoms with Gasteiger partial charge in [-0.25, -0.2) is 4.98 Å². The summed E-state index contributed by atoms with van der Waals surface area (Å²) in [6.45, 7) is 2.09. The van der Waals surface area contributed by atoms with Crippen molar-refractivity contribution in [2.45, 2.75) is 24.5 Å². The number of amides is 1. The highest BCUT2D eigenvalue weighted by molar-refractivity contribution is 7.99. The molecule has 126 valence electrons. The number of anilines is 1. The number of hydrogen-bond donors (Lipinski definition) is 1. The molecule has 0 radical (unpaired) electrons. The third kappa shape index (κ3) is 3.17. The van der Waals surface area contributed by atoms with Crippen molar-refractivity contribution in [2.24, 2.45) is 0 Å². The highest BCUT2D eigenvalue weighted by Crippen LogP contribution is 2.32. The Labute approximate surface area is 150 Å². The lowest BCUT2D eigenvalue weighted by Crippen LogP contribution is -2.36. The first kappa shape index (κ1) is 15.9. The highest BCUT2D eigenvalue weighted by Gasteiger charge is 2.30. The molecule has 0 unspecified atom stereocenters. The van der Waals surface area contributed by atoms with Gasteiger partial charge in [-0.05, 0) is 25.0 Å². The summed E-state index contributed by atoms with van der Waals surface area (Å²) >= 11 is 1.36. The van der Waals surface area contributed by atoms with Crippen LogP contribution in [0.2, 0.25) is 0 Å². The van der Waals surface area contributed by atoms with Crippen molar-refractivity contribution in [2.75, 3.05) is 10.7 Å². The molecule has 5 nitrogen and oxygen atoms in total. The van der Waals surface area contributed by atoms with E-state index in [-0.39, 0.29) is 11.9 Å². The first-order valence-electron chi connectivity index (χ1n) is 8.23. The summed E-state index contributed by atoms with van der Waals surface area (Å²) in [6.07, 6.45) is 0.908. The summed E-state index contributed by atoms with van der Waals surface area (Å²) < 4.78 is 0. The normalized spacial score (nSPS) is 16.0. The average molecular weight is 350 g/mol. The van der Waals surface area contributed by atoms with Crippen LogP contribution in [0.3, 0.4) is 0 Å². The van der Waals surface area contributed by atoms with Crippen molar-refractivity contribution in [3.8, 4) is 11.4 Å². The zero-order chi connectivity index (χ0) is 17.2. The molecule has 0 spiro atoms. The fourth-order valence-corrected chi connectivity index (χ4v) is 3.84. The topological polar surface area (TPSA) is 61.9 Å². The van der Waals surface area contributed by atoms with E-state index < -0.39 is 0 Å². The predicted octanol–water partition coefficient (Wildman–Crippen LogP) is 3.54. The summed E-state index contributed by atoms with van der Waals surface area (Å²) in [5, 5.41) is 7.73.